The van der Waals surface area contributed by atoms with Crippen molar-refractivity contribution in [2.24, 2.45) is 5.92 Å². The van der Waals surface area contributed by atoms with Gasteiger partial charge in [-0.15, -0.1) is 0 Å². The average molecular weight is 245 g/mol. The Kier molecular flexibility index (Phi) is 3.40. The van der Waals surface area contributed by atoms with Crippen LogP contribution in [0.15, 0.2) is 24.3 Å². The minimum atomic E-state index is -0.187. The Morgan fingerprint density at radius 3 is 2.33 bits per heavy atom. The second kappa shape index (κ2) is 5.02. The third kappa shape index (κ3) is 2.32. The molecule has 0 radical (unpaired) electrons. The number of aliphatic hydroxyl groups excluding tert-OH is 1. The maximum Gasteiger partial charge on any atom is 0.0738 e. The molecule has 3 rings (SSSR count). The van der Waals surface area contributed by atoms with E-state index in [9.17, 15) is 5.11 Å². The van der Waals surface area contributed by atoms with Crippen molar-refractivity contribution in [2.75, 3.05) is 13.1 Å². The zero-order valence-corrected chi connectivity index (χ0v) is 11.2. The van der Waals surface area contributed by atoms with Crippen LogP contribution >= 0.6 is 0 Å². The fourth-order valence-corrected chi connectivity index (χ4v) is 3.41. The van der Waals surface area contributed by atoms with E-state index in [1.165, 1.54) is 24.0 Å². The molecule has 2 heteroatoms. The van der Waals surface area contributed by atoms with Gasteiger partial charge in [0.2, 0.25) is 0 Å². The summed E-state index contributed by atoms with van der Waals surface area (Å²) < 4.78 is 0. The molecule has 18 heavy (non-hydrogen) atoms. The van der Waals surface area contributed by atoms with Crippen LogP contribution in [0.2, 0.25) is 0 Å². The van der Waals surface area contributed by atoms with Crippen molar-refractivity contribution < 1.29 is 5.11 Å². The third-order valence-corrected chi connectivity index (χ3v) is 4.71. The van der Waals surface area contributed by atoms with E-state index in [4.69, 9.17) is 0 Å². The Labute approximate surface area is 110 Å². The van der Waals surface area contributed by atoms with Crippen LogP contribution in [0.1, 0.15) is 30.9 Å². The Morgan fingerprint density at radius 2 is 1.67 bits per heavy atom. The van der Waals surface area contributed by atoms with Gasteiger partial charge in [-0.05, 0) is 49.4 Å². The van der Waals surface area contributed by atoms with E-state index < -0.39 is 0 Å². The molecular weight excluding hydrogens is 222 g/mol. The molecule has 2 atom stereocenters. The molecule has 98 valence electrons. The van der Waals surface area contributed by atoms with Crippen molar-refractivity contribution in [3.05, 3.63) is 35.4 Å². The molecule has 0 amide bonds. The maximum atomic E-state index is 10.4. The highest BCUT2D eigenvalue weighted by molar-refractivity contribution is 5.31. The zero-order valence-electron chi connectivity index (χ0n) is 11.2. The lowest BCUT2D eigenvalue weighted by molar-refractivity contribution is 0.0253. The highest BCUT2D eigenvalue weighted by Crippen LogP contribution is 2.27. The van der Waals surface area contributed by atoms with Gasteiger partial charge in [0.15, 0.2) is 0 Å². The molecule has 1 aromatic carbocycles. The normalized spacial score (nSPS) is 30.1. The number of aliphatic hydroxyl groups is 1. The van der Waals surface area contributed by atoms with E-state index >= 15 is 0 Å². The minimum Gasteiger partial charge on any atom is -0.391 e. The number of hydrogen-bond acceptors (Lipinski definition) is 2. The maximum absolute atomic E-state index is 10.4. The fourth-order valence-electron chi connectivity index (χ4n) is 3.41. The van der Waals surface area contributed by atoms with E-state index in [1.807, 2.05) is 0 Å². The number of fused-ring (bicyclic) bond motifs is 1. The molecule has 1 heterocycles. The van der Waals surface area contributed by atoms with Gasteiger partial charge in [-0.25, -0.2) is 0 Å². The Balaban J connectivity index is 1.74. The lowest BCUT2D eigenvalue weighted by atomic mass is 9.84. The molecule has 0 bridgehead atoms. The molecule has 1 fully saturated rings. The molecule has 1 N–H and O–H groups in total. The van der Waals surface area contributed by atoms with E-state index in [0.717, 1.165) is 31.8 Å². The highest BCUT2D eigenvalue weighted by atomic mass is 16.3. The van der Waals surface area contributed by atoms with Gasteiger partial charge in [-0.2, -0.15) is 0 Å². The molecule has 1 saturated heterocycles. The van der Waals surface area contributed by atoms with Gasteiger partial charge in [0.25, 0.3) is 0 Å². The number of benzene rings is 1. The second-order valence-electron chi connectivity index (χ2n) is 6.03. The SMILES string of the molecule is CC1CCN(C2Cc3ccccc3CC2O)CC1. The Bertz CT molecular complexity index is 409. The number of hydrogen-bond donors (Lipinski definition) is 1. The van der Waals surface area contributed by atoms with Gasteiger partial charge >= 0.3 is 0 Å². The van der Waals surface area contributed by atoms with Gasteiger partial charge < -0.3 is 5.11 Å². The molecule has 2 nitrogen and oxygen atoms in total. The topological polar surface area (TPSA) is 23.5 Å². The van der Waals surface area contributed by atoms with Gasteiger partial charge in [0, 0.05) is 12.5 Å². The molecule has 0 spiro atoms. The molecule has 1 aliphatic carbocycles. The van der Waals surface area contributed by atoms with Crippen molar-refractivity contribution >= 4 is 0 Å². The van der Waals surface area contributed by atoms with Gasteiger partial charge in [0.05, 0.1) is 6.10 Å². The van der Waals surface area contributed by atoms with Crippen LogP contribution in [-0.2, 0) is 12.8 Å². The van der Waals surface area contributed by atoms with E-state index in [-0.39, 0.29) is 6.10 Å². The summed E-state index contributed by atoms with van der Waals surface area (Å²) in [6.07, 6.45) is 4.22. The van der Waals surface area contributed by atoms with Crippen LogP contribution in [0.4, 0.5) is 0 Å². The predicted octanol–water partition coefficient (Wildman–Crippen LogP) is 2.25. The molecule has 2 aliphatic rings. The number of likely N-dealkylation sites (tertiary alicyclic amines) is 1. The largest absolute Gasteiger partial charge is 0.391 e. The van der Waals surface area contributed by atoms with Gasteiger partial charge in [-0.3, -0.25) is 4.90 Å². The van der Waals surface area contributed by atoms with Crippen molar-refractivity contribution in [3.8, 4) is 0 Å². The molecule has 0 aromatic heterocycles. The minimum absolute atomic E-state index is 0.187. The summed E-state index contributed by atoms with van der Waals surface area (Å²) in [5.74, 6) is 0.856. The van der Waals surface area contributed by atoms with Crippen molar-refractivity contribution in [1.82, 2.24) is 4.90 Å². The summed E-state index contributed by atoms with van der Waals surface area (Å²) in [5, 5.41) is 10.4. The summed E-state index contributed by atoms with van der Waals surface area (Å²) in [4.78, 5) is 2.51. The van der Waals surface area contributed by atoms with Crippen molar-refractivity contribution in [3.63, 3.8) is 0 Å². The Morgan fingerprint density at radius 1 is 1.06 bits per heavy atom. The van der Waals surface area contributed by atoms with Crippen molar-refractivity contribution in [1.29, 1.82) is 0 Å². The molecule has 1 aliphatic heterocycles. The van der Waals surface area contributed by atoms with Crippen LogP contribution in [0.25, 0.3) is 0 Å². The lowest BCUT2D eigenvalue weighted by Crippen LogP contribution is -2.50. The van der Waals surface area contributed by atoms with Crippen molar-refractivity contribution in [2.45, 2.75) is 44.8 Å². The highest BCUT2D eigenvalue weighted by Gasteiger charge is 2.32. The quantitative estimate of drug-likeness (QED) is 0.820. The smallest absolute Gasteiger partial charge is 0.0738 e. The number of piperidine rings is 1. The van der Waals surface area contributed by atoms with Crippen LogP contribution in [0.5, 0.6) is 0 Å². The summed E-state index contributed by atoms with van der Waals surface area (Å²) in [5.41, 5.74) is 2.78. The lowest BCUT2D eigenvalue weighted by Gasteiger charge is -2.41. The fraction of sp³-hybridized carbons (Fsp3) is 0.625. The second-order valence-corrected chi connectivity index (χ2v) is 6.03. The molecular formula is C16H23NO. The summed E-state index contributed by atoms with van der Waals surface area (Å²) in [7, 11) is 0. The Hall–Kier alpha value is -0.860. The van der Waals surface area contributed by atoms with E-state index in [0.29, 0.717) is 6.04 Å². The summed E-state index contributed by atoms with van der Waals surface area (Å²) in [6, 6.07) is 8.92. The van der Waals surface area contributed by atoms with Gasteiger partial charge in [0.1, 0.15) is 0 Å². The van der Waals surface area contributed by atoms with Crippen LogP contribution in [-0.4, -0.2) is 35.2 Å². The number of rotatable bonds is 1. The predicted molar refractivity (Wildman–Crippen MR) is 73.6 cm³/mol. The van der Waals surface area contributed by atoms with E-state index in [1.54, 1.807) is 0 Å². The van der Waals surface area contributed by atoms with E-state index in [2.05, 4.69) is 36.1 Å². The monoisotopic (exact) mass is 245 g/mol. The first kappa shape index (κ1) is 12.2. The molecule has 1 aromatic rings. The van der Waals surface area contributed by atoms with Gasteiger partial charge in [-0.1, -0.05) is 31.2 Å². The van der Waals surface area contributed by atoms with Crippen LogP contribution < -0.4 is 0 Å². The average Bonchev–Trinajstić information content (AvgIpc) is 2.39. The standard InChI is InChI=1S/C16H23NO/c1-12-6-8-17(9-7-12)15-10-13-4-2-3-5-14(13)11-16(15)18/h2-5,12,15-16,18H,6-11H2,1H3. The first-order chi connectivity index (χ1) is 8.74. The number of nitrogens with zero attached hydrogens (tertiary/aromatic N) is 1. The first-order valence-electron chi connectivity index (χ1n) is 7.23. The van der Waals surface area contributed by atoms with Crippen LogP contribution in [0, 0.1) is 5.92 Å². The molecule has 2 unspecified atom stereocenters. The van der Waals surface area contributed by atoms with Crippen LogP contribution in [0.3, 0.4) is 0 Å². The summed E-state index contributed by atoms with van der Waals surface area (Å²) >= 11 is 0. The zero-order chi connectivity index (χ0) is 12.5. The first-order valence-corrected chi connectivity index (χ1v) is 7.23. The third-order valence-electron chi connectivity index (χ3n) is 4.71. The summed E-state index contributed by atoms with van der Waals surface area (Å²) in [6.45, 7) is 4.65. The molecule has 0 saturated carbocycles.